The number of anilines is 1. The minimum Gasteiger partial charge on any atom is -0.395 e. The molecule has 110 valence electrons. The van der Waals surface area contributed by atoms with E-state index in [1.807, 2.05) is 0 Å². The van der Waals surface area contributed by atoms with Crippen molar-refractivity contribution in [1.82, 2.24) is 9.38 Å². The van der Waals surface area contributed by atoms with E-state index in [2.05, 4.69) is 4.98 Å². The Morgan fingerprint density at radius 1 is 1.60 bits per heavy atom. The number of aliphatic hydroxyl groups excluding tert-OH is 1. The fourth-order valence-electron chi connectivity index (χ4n) is 1.99. The zero-order valence-corrected chi connectivity index (χ0v) is 11.9. The molecule has 0 aliphatic carbocycles. The number of rotatable bonds is 8. The molecule has 2 aromatic heterocycles. The quantitative estimate of drug-likeness (QED) is 0.446. The number of imidazole rings is 1. The van der Waals surface area contributed by atoms with Crippen LogP contribution >= 0.6 is 11.3 Å². The molecular weight excluding hydrogens is 284 g/mol. The number of fused-ring (bicyclic) bond motifs is 1. The first-order chi connectivity index (χ1) is 9.69. The van der Waals surface area contributed by atoms with Crippen LogP contribution in [0.5, 0.6) is 0 Å². The summed E-state index contributed by atoms with van der Waals surface area (Å²) in [5, 5.41) is 22.2. The summed E-state index contributed by atoms with van der Waals surface area (Å²) in [5.74, 6) is 0.235. The largest absolute Gasteiger partial charge is 0.395 e. The number of nitrogens with zero attached hydrogens (tertiary/aromatic N) is 4. The number of aliphatic hydroxyl groups is 1. The van der Waals surface area contributed by atoms with Gasteiger partial charge in [0, 0.05) is 32.2 Å². The maximum absolute atomic E-state index is 11.3. The molecule has 0 fully saturated rings. The Morgan fingerprint density at radius 2 is 2.40 bits per heavy atom. The highest BCUT2D eigenvalue weighted by Crippen LogP contribution is 2.30. The molecule has 1 N–H and O–H groups in total. The Morgan fingerprint density at radius 3 is 3.05 bits per heavy atom. The van der Waals surface area contributed by atoms with Crippen LogP contribution in [-0.2, 0) is 4.74 Å². The number of thiazole rings is 1. The van der Waals surface area contributed by atoms with E-state index in [-0.39, 0.29) is 12.4 Å². The molecule has 0 aliphatic heterocycles. The third kappa shape index (κ3) is 2.89. The van der Waals surface area contributed by atoms with Crippen molar-refractivity contribution < 1.29 is 14.8 Å². The van der Waals surface area contributed by atoms with Gasteiger partial charge in [0.25, 0.3) is 4.96 Å². The van der Waals surface area contributed by atoms with E-state index < -0.39 is 4.92 Å². The summed E-state index contributed by atoms with van der Waals surface area (Å²) in [6, 6.07) is 0. The fourth-order valence-corrected chi connectivity index (χ4v) is 2.69. The second-order valence-corrected chi connectivity index (χ2v) is 5.00. The average Bonchev–Trinajstić information content (AvgIpc) is 2.97. The molecule has 0 spiro atoms. The van der Waals surface area contributed by atoms with Crippen molar-refractivity contribution in [2.75, 3.05) is 38.3 Å². The SMILES string of the molecule is COCCCN(CCO)c1nc2sccn2c1[N+](=O)[O-]. The van der Waals surface area contributed by atoms with Crippen molar-refractivity contribution in [3.8, 4) is 0 Å². The third-order valence-electron chi connectivity index (χ3n) is 2.84. The first kappa shape index (κ1) is 14.7. The third-order valence-corrected chi connectivity index (χ3v) is 3.59. The second kappa shape index (κ2) is 6.64. The molecule has 2 heterocycles. The standard InChI is InChI=1S/C11H16N4O4S/c1-19-7-2-3-13(4-6-16)9-10(15(17)18)14-5-8-20-11(14)12-9/h5,8,16H,2-4,6-7H2,1H3. The summed E-state index contributed by atoms with van der Waals surface area (Å²) in [6.45, 7) is 1.31. The number of hydrogen-bond acceptors (Lipinski definition) is 7. The highest BCUT2D eigenvalue weighted by molar-refractivity contribution is 7.15. The lowest BCUT2D eigenvalue weighted by Crippen LogP contribution is -2.29. The molecule has 0 saturated heterocycles. The molecule has 8 nitrogen and oxygen atoms in total. The van der Waals surface area contributed by atoms with Gasteiger partial charge in [0.15, 0.2) is 0 Å². The summed E-state index contributed by atoms with van der Waals surface area (Å²) in [5.41, 5.74) is 0. The highest BCUT2D eigenvalue weighted by atomic mass is 32.1. The van der Waals surface area contributed by atoms with E-state index in [0.717, 1.165) is 0 Å². The van der Waals surface area contributed by atoms with Crippen molar-refractivity contribution in [1.29, 1.82) is 0 Å². The molecule has 0 unspecified atom stereocenters. The van der Waals surface area contributed by atoms with Crippen LogP contribution in [0.4, 0.5) is 11.6 Å². The monoisotopic (exact) mass is 300 g/mol. The van der Waals surface area contributed by atoms with Gasteiger partial charge in [0.1, 0.15) is 6.20 Å². The molecule has 2 aromatic rings. The van der Waals surface area contributed by atoms with Crippen molar-refractivity contribution >= 4 is 27.9 Å². The molecule has 0 saturated carbocycles. The van der Waals surface area contributed by atoms with Crippen LogP contribution in [0.15, 0.2) is 11.6 Å². The number of nitro groups is 1. The number of methoxy groups -OCH3 is 1. The van der Waals surface area contributed by atoms with Gasteiger partial charge in [0.2, 0.25) is 5.82 Å². The molecule has 0 amide bonds. The molecule has 0 aromatic carbocycles. The predicted molar refractivity (Wildman–Crippen MR) is 75.5 cm³/mol. The van der Waals surface area contributed by atoms with E-state index >= 15 is 0 Å². The van der Waals surface area contributed by atoms with Crippen LogP contribution in [0.1, 0.15) is 6.42 Å². The molecule has 0 atom stereocenters. The van der Waals surface area contributed by atoms with Crippen LogP contribution in [0.3, 0.4) is 0 Å². The molecule has 20 heavy (non-hydrogen) atoms. The fraction of sp³-hybridized carbons (Fsp3) is 0.545. The van der Waals surface area contributed by atoms with Gasteiger partial charge in [-0.1, -0.05) is 11.3 Å². The first-order valence-electron chi connectivity index (χ1n) is 6.13. The predicted octanol–water partition coefficient (Wildman–Crippen LogP) is 1.14. The van der Waals surface area contributed by atoms with Gasteiger partial charge in [-0.25, -0.2) is 0 Å². The van der Waals surface area contributed by atoms with Crippen LogP contribution in [0.2, 0.25) is 0 Å². The zero-order valence-electron chi connectivity index (χ0n) is 11.1. The highest BCUT2D eigenvalue weighted by Gasteiger charge is 2.27. The average molecular weight is 300 g/mol. The Kier molecular flexibility index (Phi) is 4.88. The van der Waals surface area contributed by atoms with Gasteiger partial charge in [-0.2, -0.15) is 9.38 Å². The lowest BCUT2D eigenvalue weighted by molar-refractivity contribution is -0.389. The van der Waals surface area contributed by atoms with Crippen molar-refractivity contribution in [3.05, 3.63) is 21.7 Å². The summed E-state index contributed by atoms with van der Waals surface area (Å²) in [6.07, 6.45) is 2.33. The number of ether oxygens (including phenoxy) is 1. The van der Waals surface area contributed by atoms with E-state index in [1.54, 1.807) is 23.6 Å². The van der Waals surface area contributed by atoms with Crippen molar-refractivity contribution in [3.63, 3.8) is 0 Å². The molecule has 0 aliphatic rings. The zero-order chi connectivity index (χ0) is 14.5. The lowest BCUT2D eigenvalue weighted by Gasteiger charge is -2.20. The number of hydrogen-bond donors (Lipinski definition) is 1. The smallest absolute Gasteiger partial charge is 0.373 e. The van der Waals surface area contributed by atoms with Crippen molar-refractivity contribution in [2.24, 2.45) is 0 Å². The summed E-state index contributed by atoms with van der Waals surface area (Å²) in [4.78, 5) is 17.4. The van der Waals surface area contributed by atoms with Gasteiger partial charge in [-0.3, -0.25) is 0 Å². The van der Waals surface area contributed by atoms with Gasteiger partial charge < -0.3 is 24.9 Å². The second-order valence-electron chi connectivity index (χ2n) is 4.13. The van der Waals surface area contributed by atoms with Gasteiger partial charge >= 0.3 is 5.82 Å². The Labute approximate surface area is 119 Å². The van der Waals surface area contributed by atoms with Crippen LogP contribution < -0.4 is 4.90 Å². The Bertz CT molecular complexity index is 582. The normalized spacial score (nSPS) is 11.1. The van der Waals surface area contributed by atoms with Crippen LogP contribution in [-0.4, -0.2) is 52.8 Å². The number of aromatic nitrogens is 2. The van der Waals surface area contributed by atoms with E-state index in [1.165, 1.54) is 15.7 Å². The summed E-state index contributed by atoms with van der Waals surface area (Å²) in [7, 11) is 1.60. The molecule has 0 bridgehead atoms. The minimum absolute atomic E-state index is 0.0629. The lowest BCUT2D eigenvalue weighted by atomic mass is 10.3. The molecule has 0 radical (unpaired) electrons. The van der Waals surface area contributed by atoms with Crippen LogP contribution in [0, 0.1) is 10.1 Å². The van der Waals surface area contributed by atoms with Crippen LogP contribution in [0.25, 0.3) is 4.96 Å². The maximum Gasteiger partial charge on any atom is 0.373 e. The van der Waals surface area contributed by atoms with Gasteiger partial charge in [0.05, 0.1) is 6.61 Å². The topological polar surface area (TPSA) is 93.1 Å². The van der Waals surface area contributed by atoms with Gasteiger partial charge in [-0.15, -0.1) is 0 Å². The van der Waals surface area contributed by atoms with E-state index in [9.17, 15) is 10.1 Å². The minimum atomic E-state index is -0.442. The Hall–Kier alpha value is -1.71. The molecule has 2 rings (SSSR count). The van der Waals surface area contributed by atoms with Gasteiger partial charge in [-0.05, 0) is 11.3 Å². The molecular formula is C11H16N4O4S. The summed E-state index contributed by atoms with van der Waals surface area (Å²) < 4.78 is 6.44. The summed E-state index contributed by atoms with van der Waals surface area (Å²) >= 11 is 1.34. The molecule has 9 heteroatoms. The van der Waals surface area contributed by atoms with E-state index in [0.29, 0.717) is 36.9 Å². The maximum atomic E-state index is 11.3. The van der Waals surface area contributed by atoms with Crippen molar-refractivity contribution in [2.45, 2.75) is 6.42 Å². The van der Waals surface area contributed by atoms with E-state index in [4.69, 9.17) is 9.84 Å². The first-order valence-corrected chi connectivity index (χ1v) is 7.01. The Balaban J connectivity index is 2.33.